The monoisotopic (exact) mass is 219 g/mol. The third-order valence-corrected chi connectivity index (χ3v) is 1.81. The molecule has 0 aromatic carbocycles. The SMILES string of the molecule is COC(=O)c1nc(F)c(C(F)F)cc1C. The summed E-state index contributed by atoms with van der Waals surface area (Å²) < 4.78 is 41.7. The minimum absolute atomic E-state index is 0.151. The fourth-order valence-electron chi connectivity index (χ4n) is 1.07. The molecular weight excluding hydrogens is 211 g/mol. The first-order valence-corrected chi connectivity index (χ1v) is 4.01. The molecule has 0 spiro atoms. The van der Waals surface area contributed by atoms with Crippen molar-refractivity contribution in [3.05, 3.63) is 28.8 Å². The molecule has 0 unspecified atom stereocenters. The molecule has 1 aromatic rings. The highest BCUT2D eigenvalue weighted by Gasteiger charge is 2.20. The van der Waals surface area contributed by atoms with Crippen LogP contribution in [0.15, 0.2) is 6.07 Å². The minimum Gasteiger partial charge on any atom is -0.464 e. The highest BCUT2D eigenvalue weighted by Crippen LogP contribution is 2.23. The number of esters is 1. The Morgan fingerprint density at radius 1 is 1.53 bits per heavy atom. The van der Waals surface area contributed by atoms with Crippen LogP contribution in [0.5, 0.6) is 0 Å². The Morgan fingerprint density at radius 2 is 2.13 bits per heavy atom. The number of hydrogen-bond acceptors (Lipinski definition) is 3. The van der Waals surface area contributed by atoms with E-state index in [1.54, 1.807) is 0 Å². The number of alkyl halides is 2. The molecule has 0 aliphatic heterocycles. The van der Waals surface area contributed by atoms with Crippen LogP contribution in [0.25, 0.3) is 0 Å². The van der Waals surface area contributed by atoms with Gasteiger partial charge in [0.25, 0.3) is 6.43 Å². The van der Waals surface area contributed by atoms with Gasteiger partial charge in [-0.15, -0.1) is 0 Å². The van der Waals surface area contributed by atoms with Crippen LogP contribution in [0.4, 0.5) is 13.2 Å². The van der Waals surface area contributed by atoms with Gasteiger partial charge in [0.1, 0.15) is 0 Å². The lowest BCUT2D eigenvalue weighted by molar-refractivity contribution is 0.0590. The van der Waals surface area contributed by atoms with Gasteiger partial charge in [0.15, 0.2) is 5.69 Å². The van der Waals surface area contributed by atoms with Crippen LogP contribution in [0.1, 0.15) is 28.0 Å². The number of hydrogen-bond donors (Lipinski definition) is 0. The molecule has 0 radical (unpaired) electrons. The predicted molar refractivity (Wildman–Crippen MR) is 45.2 cm³/mol. The van der Waals surface area contributed by atoms with Crippen molar-refractivity contribution in [3.8, 4) is 0 Å². The van der Waals surface area contributed by atoms with Gasteiger partial charge in [-0.25, -0.2) is 18.6 Å². The van der Waals surface area contributed by atoms with Gasteiger partial charge in [0, 0.05) is 0 Å². The molecule has 0 fully saturated rings. The molecule has 0 aliphatic carbocycles. The van der Waals surface area contributed by atoms with Gasteiger partial charge in [0.05, 0.1) is 12.7 Å². The molecule has 6 heteroatoms. The summed E-state index contributed by atoms with van der Waals surface area (Å²) in [5, 5.41) is 0. The second-order valence-electron chi connectivity index (χ2n) is 2.83. The van der Waals surface area contributed by atoms with E-state index in [4.69, 9.17) is 0 Å². The van der Waals surface area contributed by atoms with Gasteiger partial charge >= 0.3 is 5.97 Å². The first-order valence-electron chi connectivity index (χ1n) is 4.01. The van der Waals surface area contributed by atoms with Gasteiger partial charge in [-0.05, 0) is 18.6 Å². The lowest BCUT2D eigenvalue weighted by atomic mass is 10.1. The van der Waals surface area contributed by atoms with E-state index in [2.05, 4.69) is 9.72 Å². The van der Waals surface area contributed by atoms with Crippen molar-refractivity contribution in [1.29, 1.82) is 0 Å². The average molecular weight is 219 g/mol. The Morgan fingerprint density at radius 3 is 2.60 bits per heavy atom. The molecule has 0 saturated heterocycles. The van der Waals surface area contributed by atoms with E-state index >= 15 is 0 Å². The molecule has 0 aliphatic rings. The van der Waals surface area contributed by atoms with Gasteiger partial charge in [-0.2, -0.15) is 4.39 Å². The van der Waals surface area contributed by atoms with Crippen LogP contribution in [0, 0.1) is 12.9 Å². The second kappa shape index (κ2) is 4.29. The summed E-state index contributed by atoms with van der Waals surface area (Å²) in [6.07, 6.45) is -2.96. The number of carbonyl (C=O) groups is 1. The maximum atomic E-state index is 13.0. The molecule has 1 rings (SSSR count). The zero-order chi connectivity index (χ0) is 11.6. The molecule has 0 atom stereocenters. The van der Waals surface area contributed by atoms with Crippen molar-refractivity contribution >= 4 is 5.97 Å². The fraction of sp³-hybridized carbons (Fsp3) is 0.333. The number of rotatable bonds is 2. The van der Waals surface area contributed by atoms with E-state index < -0.39 is 23.9 Å². The topological polar surface area (TPSA) is 39.2 Å². The molecule has 82 valence electrons. The molecular formula is C9H8F3NO2. The number of aromatic nitrogens is 1. The van der Waals surface area contributed by atoms with E-state index in [1.807, 2.05) is 0 Å². The average Bonchev–Trinajstić information content (AvgIpc) is 2.19. The normalized spacial score (nSPS) is 10.5. The van der Waals surface area contributed by atoms with Crippen molar-refractivity contribution in [2.24, 2.45) is 0 Å². The largest absolute Gasteiger partial charge is 0.464 e. The van der Waals surface area contributed by atoms with Crippen LogP contribution in [-0.2, 0) is 4.74 Å². The summed E-state index contributed by atoms with van der Waals surface area (Å²) in [6.45, 7) is 1.38. The van der Waals surface area contributed by atoms with Crippen molar-refractivity contribution in [2.45, 2.75) is 13.3 Å². The summed E-state index contributed by atoms with van der Waals surface area (Å²) in [4.78, 5) is 14.2. The van der Waals surface area contributed by atoms with Gasteiger partial charge < -0.3 is 4.74 Å². The van der Waals surface area contributed by atoms with Crippen molar-refractivity contribution in [3.63, 3.8) is 0 Å². The van der Waals surface area contributed by atoms with Gasteiger partial charge in [-0.1, -0.05) is 0 Å². The molecule has 0 amide bonds. The molecule has 3 nitrogen and oxygen atoms in total. The number of halogens is 3. The van der Waals surface area contributed by atoms with Crippen LogP contribution >= 0.6 is 0 Å². The van der Waals surface area contributed by atoms with Crippen LogP contribution < -0.4 is 0 Å². The smallest absolute Gasteiger partial charge is 0.357 e. The fourth-order valence-corrected chi connectivity index (χ4v) is 1.07. The Hall–Kier alpha value is -1.59. The Labute approximate surface area is 83.9 Å². The second-order valence-corrected chi connectivity index (χ2v) is 2.83. The molecule has 0 bridgehead atoms. The van der Waals surface area contributed by atoms with E-state index in [-0.39, 0.29) is 11.3 Å². The lowest BCUT2D eigenvalue weighted by Crippen LogP contribution is -2.10. The summed E-state index contributed by atoms with van der Waals surface area (Å²) in [5.74, 6) is -2.21. The van der Waals surface area contributed by atoms with Crippen molar-refractivity contribution in [2.75, 3.05) is 7.11 Å². The maximum Gasteiger partial charge on any atom is 0.357 e. The zero-order valence-corrected chi connectivity index (χ0v) is 8.05. The van der Waals surface area contributed by atoms with E-state index in [0.717, 1.165) is 13.2 Å². The third kappa shape index (κ3) is 2.26. The van der Waals surface area contributed by atoms with Crippen LogP contribution in [0.3, 0.4) is 0 Å². The third-order valence-electron chi connectivity index (χ3n) is 1.81. The standard InChI is InChI=1S/C9H8F3NO2/c1-4-3-5(7(10)11)8(12)13-6(4)9(14)15-2/h3,7H,1-2H3. The van der Waals surface area contributed by atoms with Gasteiger partial charge in [0.2, 0.25) is 5.95 Å². The quantitative estimate of drug-likeness (QED) is 0.565. The maximum absolute atomic E-state index is 13.0. The zero-order valence-electron chi connectivity index (χ0n) is 8.05. The number of carbonyl (C=O) groups excluding carboxylic acids is 1. The Kier molecular flexibility index (Phi) is 3.28. The summed E-state index contributed by atoms with van der Waals surface area (Å²) in [6, 6.07) is 0.888. The van der Waals surface area contributed by atoms with E-state index in [0.29, 0.717) is 0 Å². The molecule has 0 N–H and O–H groups in total. The number of aryl methyl sites for hydroxylation is 1. The molecule has 1 aromatic heterocycles. The Balaban J connectivity index is 3.25. The van der Waals surface area contributed by atoms with E-state index in [1.165, 1.54) is 6.92 Å². The van der Waals surface area contributed by atoms with Crippen LogP contribution in [-0.4, -0.2) is 18.1 Å². The number of ether oxygens (including phenoxy) is 1. The lowest BCUT2D eigenvalue weighted by Gasteiger charge is -2.06. The summed E-state index contributed by atoms with van der Waals surface area (Å²) >= 11 is 0. The summed E-state index contributed by atoms with van der Waals surface area (Å²) in [5.41, 5.74) is -0.960. The number of methoxy groups -OCH3 is 1. The molecule has 15 heavy (non-hydrogen) atoms. The van der Waals surface area contributed by atoms with Gasteiger partial charge in [-0.3, -0.25) is 0 Å². The molecule has 0 saturated carbocycles. The van der Waals surface area contributed by atoms with Crippen molar-refractivity contribution in [1.82, 2.24) is 4.98 Å². The first-order chi connectivity index (χ1) is 6.97. The highest BCUT2D eigenvalue weighted by atomic mass is 19.3. The van der Waals surface area contributed by atoms with Crippen molar-refractivity contribution < 1.29 is 22.7 Å². The predicted octanol–water partition coefficient (Wildman–Crippen LogP) is 2.25. The minimum atomic E-state index is -2.96. The highest BCUT2D eigenvalue weighted by molar-refractivity contribution is 5.88. The first kappa shape index (κ1) is 11.5. The van der Waals surface area contributed by atoms with E-state index in [9.17, 15) is 18.0 Å². The number of pyridine rings is 1. The molecule has 1 heterocycles. The number of nitrogens with zero attached hydrogens (tertiary/aromatic N) is 1. The van der Waals surface area contributed by atoms with Crippen LogP contribution in [0.2, 0.25) is 0 Å². The Bertz CT molecular complexity index is 393. The summed E-state index contributed by atoms with van der Waals surface area (Å²) in [7, 11) is 1.10.